The number of benzene rings is 1. The number of likely N-dealkylation sites (tertiary alicyclic amines) is 1. The molecule has 1 heterocycles. The predicted molar refractivity (Wildman–Crippen MR) is 82.3 cm³/mol. The molecule has 0 radical (unpaired) electrons. The molecule has 2 atom stereocenters. The standard InChI is InChI=1S/C15H23N3O3/c1-10-8-18(6-5-14(10)19)9-15(20)17-13-4-3-11(21-2)7-12(13)16/h3-4,7,10,14,19H,5-6,8-9,16H2,1-2H3,(H,17,20). The number of amides is 1. The molecular weight excluding hydrogens is 270 g/mol. The van der Waals surface area contributed by atoms with Gasteiger partial charge in [0.05, 0.1) is 31.1 Å². The number of rotatable bonds is 4. The van der Waals surface area contributed by atoms with E-state index < -0.39 is 0 Å². The minimum atomic E-state index is -0.262. The van der Waals surface area contributed by atoms with Crippen LogP contribution in [0.1, 0.15) is 13.3 Å². The molecule has 4 N–H and O–H groups in total. The molecule has 6 heteroatoms. The van der Waals surface area contributed by atoms with Crippen molar-refractivity contribution in [1.82, 2.24) is 4.90 Å². The van der Waals surface area contributed by atoms with E-state index >= 15 is 0 Å². The number of ether oxygens (including phenoxy) is 1. The Morgan fingerprint density at radius 3 is 2.95 bits per heavy atom. The first kappa shape index (κ1) is 15.6. The maximum Gasteiger partial charge on any atom is 0.238 e. The lowest BCUT2D eigenvalue weighted by Gasteiger charge is -2.33. The highest BCUT2D eigenvalue weighted by Crippen LogP contribution is 2.24. The number of aliphatic hydroxyl groups excluding tert-OH is 1. The van der Waals surface area contributed by atoms with Gasteiger partial charge in [-0.1, -0.05) is 6.92 Å². The molecule has 1 amide bonds. The monoisotopic (exact) mass is 293 g/mol. The van der Waals surface area contributed by atoms with Crippen LogP contribution in [0, 0.1) is 5.92 Å². The lowest BCUT2D eigenvalue weighted by Crippen LogP contribution is -2.45. The van der Waals surface area contributed by atoms with Gasteiger partial charge in [0, 0.05) is 19.2 Å². The zero-order chi connectivity index (χ0) is 15.4. The number of carbonyl (C=O) groups excluding carboxylic acids is 1. The van der Waals surface area contributed by atoms with Crippen LogP contribution in [0.15, 0.2) is 18.2 Å². The first-order valence-corrected chi connectivity index (χ1v) is 7.13. The molecular formula is C15H23N3O3. The fourth-order valence-electron chi connectivity index (χ4n) is 2.54. The number of aliphatic hydroxyl groups is 1. The third-order valence-electron chi connectivity index (χ3n) is 3.84. The second-order valence-corrected chi connectivity index (χ2v) is 5.57. The Balaban J connectivity index is 1.90. The Bertz CT molecular complexity index is 507. The van der Waals surface area contributed by atoms with Gasteiger partial charge in [-0.05, 0) is 24.5 Å². The quantitative estimate of drug-likeness (QED) is 0.718. The predicted octanol–water partition coefficient (Wildman–Crippen LogP) is 0.919. The van der Waals surface area contributed by atoms with Gasteiger partial charge in [0.1, 0.15) is 5.75 Å². The number of hydrogen-bond donors (Lipinski definition) is 3. The number of nitrogens with zero attached hydrogens (tertiary/aromatic N) is 1. The molecule has 0 saturated carbocycles. The fourth-order valence-corrected chi connectivity index (χ4v) is 2.54. The first-order chi connectivity index (χ1) is 9.99. The summed E-state index contributed by atoms with van der Waals surface area (Å²) in [7, 11) is 1.57. The Hall–Kier alpha value is -1.79. The van der Waals surface area contributed by atoms with Crippen LogP contribution in [0.3, 0.4) is 0 Å². The summed E-state index contributed by atoms with van der Waals surface area (Å²) in [5, 5.41) is 12.5. The van der Waals surface area contributed by atoms with Crippen molar-refractivity contribution in [2.75, 3.05) is 37.8 Å². The highest BCUT2D eigenvalue weighted by molar-refractivity contribution is 5.95. The summed E-state index contributed by atoms with van der Waals surface area (Å²) in [6.45, 7) is 3.77. The average Bonchev–Trinajstić information content (AvgIpc) is 2.45. The van der Waals surface area contributed by atoms with E-state index in [4.69, 9.17) is 10.5 Å². The van der Waals surface area contributed by atoms with Gasteiger partial charge in [0.25, 0.3) is 0 Å². The van der Waals surface area contributed by atoms with Crippen LogP contribution in [-0.4, -0.2) is 48.8 Å². The van der Waals surface area contributed by atoms with E-state index in [0.717, 1.165) is 13.1 Å². The van der Waals surface area contributed by atoms with E-state index in [1.165, 1.54) is 0 Å². The molecule has 21 heavy (non-hydrogen) atoms. The zero-order valence-electron chi connectivity index (χ0n) is 12.5. The van der Waals surface area contributed by atoms with Crippen molar-refractivity contribution in [2.24, 2.45) is 5.92 Å². The van der Waals surface area contributed by atoms with Gasteiger partial charge >= 0.3 is 0 Å². The number of carbonyl (C=O) groups is 1. The van der Waals surface area contributed by atoms with Crippen LogP contribution in [-0.2, 0) is 4.79 Å². The summed E-state index contributed by atoms with van der Waals surface area (Å²) >= 11 is 0. The minimum absolute atomic E-state index is 0.101. The number of nitrogens with two attached hydrogens (primary N) is 1. The zero-order valence-corrected chi connectivity index (χ0v) is 12.5. The van der Waals surface area contributed by atoms with E-state index in [-0.39, 0.29) is 17.9 Å². The summed E-state index contributed by atoms with van der Waals surface area (Å²) in [6, 6.07) is 5.16. The van der Waals surface area contributed by atoms with E-state index in [0.29, 0.717) is 30.1 Å². The molecule has 1 saturated heterocycles. The Kier molecular flexibility index (Phi) is 5.03. The Labute approximate surface area is 124 Å². The van der Waals surface area contributed by atoms with Crippen molar-refractivity contribution in [3.63, 3.8) is 0 Å². The molecule has 0 aromatic heterocycles. The molecule has 6 nitrogen and oxygen atoms in total. The maximum atomic E-state index is 12.1. The van der Waals surface area contributed by atoms with Crippen molar-refractivity contribution >= 4 is 17.3 Å². The third kappa shape index (κ3) is 4.09. The second-order valence-electron chi connectivity index (χ2n) is 5.57. The lowest BCUT2D eigenvalue weighted by molar-refractivity contribution is -0.118. The number of nitrogens with one attached hydrogen (secondary N) is 1. The van der Waals surface area contributed by atoms with Gasteiger partial charge in [-0.15, -0.1) is 0 Å². The SMILES string of the molecule is COc1ccc(NC(=O)CN2CCC(O)C(C)C2)c(N)c1. The third-order valence-corrected chi connectivity index (χ3v) is 3.84. The summed E-state index contributed by atoms with van der Waals surface area (Å²) in [5.74, 6) is 0.748. The molecule has 2 rings (SSSR count). The lowest BCUT2D eigenvalue weighted by atomic mass is 9.97. The highest BCUT2D eigenvalue weighted by Gasteiger charge is 2.25. The van der Waals surface area contributed by atoms with E-state index in [9.17, 15) is 9.90 Å². The minimum Gasteiger partial charge on any atom is -0.497 e. The summed E-state index contributed by atoms with van der Waals surface area (Å²) < 4.78 is 5.07. The summed E-state index contributed by atoms with van der Waals surface area (Å²) in [5.41, 5.74) is 6.94. The van der Waals surface area contributed by atoms with Crippen molar-refractivity contribution in [3.05, 3.63) is 18.2 Å². The molecule has 116 valence electrons. The molecule has 0 bridgehead atoms. The van der Waals surface area contributed by atoms with Gasteiger partial charge in [-0.3, -0.25) is 9.69 Å². The van der Waals surface area contributed by atoms with Crippen LogP contribution in [0.2, 0.25) is 0 Å². The number of nitrogen functional groups attached to an aromatic ring is 1. The molecule has 0 aliphatic carbocycles. The Morgan fingerprint density at radius 2 is 2.33 bits per heavy atom. The van der Waals surface area contributed by atoms with E-state index in [1.807, 2.05) is 11.8 Å². The van der Waals surface area contributed by atoms with Crippen molar-refractivity contribution < 1.29 is 14.6 Å². The second kappa shape index (κ2) is 6.78. The van der Waals surface area contributed by atoms with Crippen molar-refractivity contribution in [1.29, 1.82) is 0 Å². The smallest absolute Gasteiger partial charge is 0.238 e. The largest absolute Gasteiger partial charge is 0.497 e. The van der Waals surface area contributed by atoms with Crippen molar-refractivity contribution in [2.45, 2.75) is 19.4 Å². The number of hydrogen-bond acceptors (Lipinski definition) is 5. The molecule has 1 aliphatic rings. The van der Waals surface area contributed by atoms with Gasteiger partial charge in [-0.25, -0.2) is 0 Å². The topological polar surface area (TPSA) is 87.8 Å². The van der Waals surface area contributed by atoms with E-state index in [2.05, 4.69) is 5.32 Å². The normalized spacial score (nSPS) is 22.8. The highest BCUT2D eigenvalue weighted by atomic mass is 16.5. The van der Waals surface area contributed by atoms with Gasteiger partial charge in [-0.2, -0.15) is 0 Å². The first-order valence-electron chi connectivity index (χ1n) is 7.13. The number of anilines is 2. The van der Waals surface area contributed by atoms with Crippen LogP contribution in [0.25, 0.3) is 0 Å². The Morgan fingerprint density at radius 1 is 1.57 bits per heavy atom. The fraction of sp³-hybridized carbons (Fsp3) is 0.533. The molecule has 1 aromatic carbocycles. The van der Waals surface area contributed by atoms with Crippen LogP contribution in [0.5, 0.6) is 5.75 Å². The van der Waals surface area contributed by atoms with Gasteiger partial charge < -0.3 is 20.9 Å². The van der Waals surface area contributed by atoms with Gasteiger partial charge in [0.2, 0.25) is 5.91 Å². The molecule has 1 fully saturated rings. The van der Waals surface area contributed by atoms with Crippen LogP contribution in [0.4, 0.5) is 11.4 Å². The molecule has 1 aromatic rings. The van der Waals surface area contributed by atoms with Crippen LogP contribution < -0.4 is 15.8 Å². The van der Waals surface area contributed by atoms with E-state index in [1.54, 1.807) is 25.3 Å². The molecule has 0 spiro atoms. The van der Waals surface area contributed by atoms with Gasteiger partial charge in [0.15, 0.2) is 0 Å². The number of piperidine rings is 1. The van der Waals surface area contributed by atoms with Crippen LogP contribution >= 0.6 is 0 Å². The average molecular weight is 293 g/mol. The number of methoxy groups -OCH3 is 1. The maximum absolute atomic E-state index is 12.1. The summed E-state index contributed by atoms with van der Waals surface area (Å²) in [4.78, 5) is 14.1. The molecule has 1 aliphatic heterocycles. The molecule has 2 unspecified atom stereocenters. The van der Waals surface area contributed by atoms with Crippen molar-refractivity contribution in [3.8, 4) is 5.75 Å². The summed E-state index contributed by atoms with van der Waals surface area (Å²) in [6.07, 6.45) is 0.445.